The molecule has 1 aliphatic rings. The van der Waals surface area contributed by atoms with Gasteiger partial charge >= 0.3 is 0 Å². The van der Waals surface area contributed by atoms with Crippen LogP contribution in [-0.4, -0.2) is 44.5 Å². The number of guanidine groups is 1. The van der Waals surface area contributed by atoms with Crippen molar-refractivity contribution in [2.75, 3.05) is 31.6 Å². The van der Waals surface area contributed by atoms with Crippen molar-refractivity contribution in [3.8, 4) is 0 Å². The molecule has 7 nitrogen and oxygen atoms in total. The van der Waals surface area contributed by atoms with E-state index in [4.69, 9.17) is 0 Å². The summed E-state index contributed by atoms with van der Waals surface area (Å²) in [5.41, 5.74) is 3.21. The number of halogens is 1. The Bertz CT molecular complexity index is 871. The molecule has 166 valence electrons. The summed E-state index contributed by atoms with van der Waals surface area (Å²) < 4.78 is 0. The van der Waals surface area contributed by atoms with Crippen molar-refractivity contribution in [2.45, 2.75) is 25.8 Å². The molecular weight excluding hydrogens is 505 g/mol. The largest absolute Gasteiger partial charge is 0.354 e. The molecule has 2 amide bonds. The summed E-state index contributed by atoms with van der Waals surface area (Å²) in [5.74, 6) is 0.674. The average molecular weight is 535 g/mol. The van der Waals surface area contributed by atoms with Gasteiger partial charge in [-0.25, -0.2) is 0 Å². The van der Waals surface area contributed by atoms with Gasteiger partial charge in [-0.15, -0.1) is 24.0 Å². The third kappa shape index (κ3) is 7.86. The maximum atomic E-state index is 12.0. The van der Waals surface area contributed by atoms with Crippen LogP contribution in [0.4, 0.5) is 5.69 Å². The average Bonchev–Trinajstić information content (AvgIpc) is 3.21. The highest BCUT2D eigenvalue weighted by Crippen LogP contribution is 2.21. The summed E-state index contributed by atoms with van der Waals surface area (Å²) in [6.07, 6.45) is 2.35. The number of rotatable bonds is 8. The van der Waals surface area contributed by atoms with Crippen LogP contribution in [0.15, 0.2) is 59.6 Å². The molecule has 0 unspecified atom stereocenters. The van der Waals surface area contributed by atoms with Gasteiger partial charge in [-0.1, -0.05) is 42.5 Å². The van der Waals surface area contributed by atoms with Crippen molar-refractivity contribution in [3.63, 3.8) is 0 Å². The molecule has 2 aromatic rings. The van der Waals surface area contributed by atoms with Crippen LogP contribution in [0.25, 0.3) is 0 Å². The molecule has 0 saturated carbocycles. The number of benzene rings is 2. The van der Waals surface area contributed by atoms with E-state index >= 15 is 0 Å². The summed E-state index contributed by atoms with van der Waals surface area (Å²) in [6, 6.07) is 18.0. The van der Waals surface area contributed by atoms with E-state index in [9.17, 15) is 9.59 Å². The van der Waals surface area contributed by atoms with Crippen LogP contribution in [0, 0.1) is 0 Å². The molecule has 0 aromatic heterocycles. The molecule has 0 bridgehead atoms. The molecule has 31 heavy (non-hydrogen) atoms. The number of nitrogens with zero attached hydrogens (tertiary/aromatic N) is 2. The lowest BCUT2D eigenvalue weighted by molar-refractivity contribution is -0.120. The molecule has 3 N–H and O–H groups in total. The minimum absolute atomic E-state index is 0. The minimum atomic E-state index is -0.0754. The topological polar surface area (TPSA) is 85.8 Å². The second-order valence-electron chi connectivity index (χ2n) is 7.18. The van der Waals surface area contributed by atoms with Gasteiger partial charge in [0.2, 0.25) is 11.8 Å². The van der Waals surface area contributed by atoms with Crippen molar-refractivity contribution < 1.29 is 9.59 Å². The summed E-state index contributed by atoms with van der Waals surface area (Å²) in [5, 5.41) is 9.13. The van der Waals surface area contributed by atoms with E-state index in [0.717, 1.165) is 30.6 Å². The third-order valence-corrected chi connectivity index (χ3v) is 5.00. The van der Waals surface area contributed by atoms with Gasteiger partial charge in [0.15, 0.2) is 5.96 Å². The summed E-state index contributed by atoms with van der Waals surface area (Å²) in [4.78, 5) is 29.8. The van der Waals surface area contributed by atoms with Gasteiger partial charge in [-0.05, 0) is 36.1 Å². The Kier molecular flexibility index (Phi) is 10.3. The molecule has 3 rings (SSSR count). The first-order valence-electron chi connectivity index (χ1n) is 10.3. The zero-order chi connectivity index (χ0) is 21.2. The fourth-order valence-electron chi connectivity index (χ4n) is 3.34. The normalized spacial score (nSPS) is 13.5. The standard InChI is InChI=1S/C23H29N5O2.HI/c1-24-23(27-17-21(29)25-14-13-18-6-3-2-4-7-18)26-16-19-9-11-20(12-10-19)28-15-5-8-22(28)30;/h2-4,6-7,9-12H,5,8,13-17H2,1H3,(H,25,29)(H2,24,26,27);1H. The van der Waals surface area contributed by atoms with Gasteiger partial charge in [0, 0.05) is 38.8 Å². The van der Waals surface area contributed by atoms with Gasteiger partial charge in [-0.2, -0.15) is 0 Å². The molecule has 1 fully saturated rings. The second kappa shape index (κ2) is 12.9. The van der Waals surface area contributed by atoms with Crippen molar-refractivity contribution in [1.29, 1.82) is 0 Å². The maximum Gasteiger partial charge on any atom is 0.239 e. The first-order chi connectivity index (χ1) is 14.7. The zero-order valence-corrected chi connectivity index (χ0v) is 20.1. The number of carbonyl (C=O) groups is 2. The van der Waals surface area contributed by atoms with Crippen LogP contribution in [0.5, 0.6) is 0 Å². The monoisotopic (exact) mass is 535 g/mol. The SMILES string of the molecule is CN=C(NCC(=O)NCCc1ccccc1)NCc1ccc(N2CCCC2=O)cc1.I. The van der Waals surface area contributed by atoms with Crippen molar-refractivity contribution in [2.24, 2.45) is 4.99 Å². The maximum absolute atomic E-state index is 12.0. The smallest absolute Gasteiger partial charge is 0.239 e. The third-order valence-electron chi connectivity index (χ3n) is 5.00. The number of anilines is 1. The number of nitrogens with one attached hydrogen (secondary N) is 3. The summed E-state index contributed by atoms with van der Waals surface area (Å²) in [6.45, 7) is 2.12. The van der Waals surface area contributed by atoms with Crippen molar-refractivity contribution in [1.82, 2.24) is 16.0 Å². The molecule has 0 spiro atoms. The second-order valence-corrected chi connectivity index (χ2v) is 7.18. The van der Waals surface area contributed by atoms with E-state index in [-0.39, 0.29) is 42.3 Å². The van der Waals surface area contributed by atoms with Gasteiger partial charge in [0.25, 0.3) is 0 Å². The van der Waals surface area contributed by atoms with Crippen LogP contribution in [0.1, 0.15) is 24.0 Å². The van der Waals surface area contributed by atoms with Crippen LogP contribution < -0.4 is 20.9 Å². The molecule has 2 aromatic carbocycles. The molecular formula is C23H30IN5O2. The van der Waals surface area contributed by atoms with Crippen molar-refractivity contribution in [3.05, 3.63) is 65.7 Å². The molecule has 0 aliphatic carbocycles. The van der Waals surface area contributed by atoms with Gasteiger partial charge in [-0.3, -0.25) is 14.6 Å². The number of aliphatic imine (C=N–C) groups is 1. The summed E-state index contributed by atoms with van der Waals surface area (Å²) in [7, 11) is 1.67. The van der Waals surface area contributed by atoms with Crippen LogP contribution >= 0.6 is 24.0 Å². The Hall–Kier alpha value is -2.62. The first kappa shape index (κ1) is 24.6. The van der Waals surface area contributed by atoms with E-state index in [1.807, 2.05) is 59.5 Å². The number of carbonyl (C=O) groups excluding carboxylic acids is 2. The highest BCUT2D eigenvalue weighted by atomic mass is 127. The van der Waals surface area contributed by atoms with Crippen molar-refractivity contribution >= 4 is 47.4 Å². The number of hydrogen-bond donors (Lipinski definition) is 3. The molecule has 0 radical (unpaired) electrons. The van der Waals surface area contributed by atoms with E-state index in [2.05, 4.69) is 20.9 Å². The quantitative estimate of drug-likeness (QED) is 0.276. The Balaban J connectivity index is 0.00000341. The molecule has 0 atom stereocenters. The van der Waals surface area contributed by atoms with Gasteiger partial charge in [0.05, 0.1) is 6.54 Å². The zero-order valence-electron chi connectivity index (χ0n) is 17.8. The minimum Gasteiger partial charge on any atom is -0.354 e. The van der Waals surface area contributed by atoms with Crippen LogP contribution in [-0.2, 0) is 22.6 Å². The lowest BCUT2D eigenvalue weighted by Gasteiger charge is -2.16. The highest BCUT2D eigenvalue weighted by molar-refractivity contribution is 14.0. The van der Waals surface area contributed by atoms with Gasteiger partial charge < -0.3 is 20.9 Å². The predicted molar refractivity (Wildman–Crippen MR) is 135 cm³/mol. The fourth-order valence-corrected chi connectivity index (χ4v) is 3.34. The van der Waals surface area contributed by atoms with Crippen LogP contribution in [0.3, 0.4) is 0 Å². The Morgan fingerprint density at radius 3 is 2.39 bits per heavy atom. The van der Waals surface area contributed by atoms with E-state index in [0.29, 0.717) is 25.5 Å². The first-order valence-corrected chi connectivity index (χ1v) is 10.3. The summed E-state index contributed by atoms with van der Waals surface area (Å²) >= 11 is 0. The molecule has 1 heterocycles. The van der Waals surface area contributed by atoms with E-state index < -0.39 is 0 Å². The predicted octanol–water partition coefficient (Wildman–Crippen LogP) is 2.46. The Morgan fingerprint density at radius 2 is 1.74 bits per heavy atom. The fraction of sp³-hybridized carbons (Fsp3) is 0.348. The number of amides is 2. The van der Waals surface area contributed by atoms with Gasteiger partial charge in [0.1, 0.15) is 0 Å². The van der Waals surface area contributed by atoms with Crippen LogP contribution in [0.2, 0.25) is 0 Å². The van der Waals surface area contributed by atoms with E-state index in [1.165, 1.54) is 5.56 Å². The molecule has 1 aliphatic heterocycles. The Labute approximate surface area is 200 Å². The Morgan fingerprint density at radius 1 is 1.00 bits per heavy atom. The lowest BCUT2D eigenvalue weighted by atomic mass is 10.1. The van der Waals surface area contributed by atoms with E-state index in [1.54, 1.807) is 7.05 Å². The lowest BCUT2D eigenvalue weighted by Crippen LogP contribution is -2.43. The highest BCUT2D eigenvalue weighted by Gasteiger charge is 2.21. The molecule has 8 heteroatoms. The number of hydrogen-bond acceptors (Lipinski definition) is 3. The molecule has 1 saturated heterocycles.